The number of aliphatic carboxylic acids is 1. The molecule has 2 aliphatic rings. The Hall–Kier alpha value is -1.84. The van der Waals surface area contributed by atoms with E-state index in [1.54, 1.807) is 4.90 Å². The van der Waals surface area contributed by atoms with Gasteiger partial charge in [-0.3, -0.25) is 9.59 Å². The molecule has 1 fully saturated rings. The van der Waals surface area contributed by atoms with Gasteiger partial charge in [-0.15, -0.1) is 0 Å². The molecule has 3 rings (SSSR count). The van der Waals surface area contributed by atoms with E-state index in [0.717, 1.165) is 30.4 Å². The minimum absolute atomic E-state index is 0.140. The maximum atomic E-state index is 12.6. The number of hydrogen-bond acceptors (Lipinski definition) is 2. The zero-order valence-electron chi connectivity index (χ0n) is 11.6. The number of rotatable bonds is 3. The van der Waals surface area contributed by atoms with E-state index in [0.29, 0.717) is 13.1 Å². The number of amides is 1. The van der Waals surface area contributed by atoms with Crippen LogP contribution in [0.5, 0.6) is 0 Å². The molecule has 0 radical (unpaired) electrons. The fourth-order valence-corrected chi connectivity index (χ4v) is 3.18. The number of carboxylic acids is 1. The summed E-state index contributed by atoms with van der Waals surface area (Å²) in [6.45, 7) is 2.88. The average Bonchev–Trinajstić information content (AvgIpc) is 3.26. The number of hydrogen-bond donors (Lipinski definition) is 1. The van der Waals surface area contributed by atoms with Gasteiger partial charge in [0.1, 0.15) is 0 Å². The lowest BCUT2D eigenvalue weighted by molar-refractivity contribution is -0.143. The second-order valence-electron chi connectivity index (χ2n) is 5.91. The molecule has 1 amide bonds. The Balaban J connectivity index is 1.90. The van der Waals surface area contributed by atoms with Crippen LogP contribution in [0.4, 0.5) is 0 Å². The molecule has 1 unspecified atom stereocenters. The van der Waals surface area contributed by atoms with Crippen molar-refractivity contribution in [2.24, 2.45) is 5.41 Å². The minimum atomic E-state index is -0.851. The lowest BCUT2D eigenvalue weighted by Crippen LogP contribution is -2.43. The summed E-state index contributed by atoms with van der Waals surface area (Å²) in [4.78, 5) is 25.9. The SMILES string of the molecule is CCC1(C(=O)N2Cc3ccccc3C(C(=O)O)C2)CC1. The fraction of sp³-hybridized carbons (Fsp3) is 0.500. The first-order chi connectivity index (χ1) is 9.57. The molecule has 1 atom stereocenters. The average molecular weight is 273 g/mol. The molecule has 4 heteroatoms. The van der Waals surface area contributed by atoms with Crippen LogP contribution in [0.25, 0.3) is 0 Å². The maximum Gasteiger partial charge on any atom is 0.312 e. The van der Waals surface area contributed by atoms with E-state index in [-0.39, 0.29) is 11.3 Å². The van der Waals surface area contributed by atoms with Crippen molar-refractivity contribution in [3.05, 3.63) is 35.4 Å². The summed E-state index contributed by atoms with van der Waals surface area (Å²) in [5.41, 5.74) is 1.62. The van der Waals surface area contributed by atoms with Gasteiger partial charge in [0.05, 0.1) is 5.92 Å². The summed E-state index contributed by atoms with van der Waals surface area (Å²) in [7, 11) is 0. The number of carbonyl (C=O) groups is 2. The first-order valence-electron chi connectivity index (χ1n) is 7.17. The highest BCUT2D eigenvalue weighted by molar-refractivity contribution is 5.87. The van der Waals surface area contributed by atoms with Crippen LogP contribution in [-0.2, 0) is 16.1 Å². The van der Waals surface area contributed by atoms with Crippen LogP contribution < -0.4 is 0 Å². The molecule has 0 saturated heterocycles. The normalized spacial score (nSPS) is 23.1. The molecule has 1 aliphatic carbocycles. The maximum absolute atomic E-state index is 12.6. The summed E-state index contributed by atoms with van der Waals surface area (Å²) in [5.74, 6) is -1.31. The molecule has 4 nitrogen and oxygen atoms in total. The summed E-state index contributed by atoms with van der Waals surface area (Å²) < 4.78 is 0. The Labute approximate surface area is 118 Å². The smallest absolute Gasteiger partial charge is 0.312 e. The molecule has 106 valence electrons. The topological polar surface area (TPSA) is 57.6 Å². The summed E-state index contributed by atoms with van der Waals surface area (Å²) in [6, 6.07) is 7.55. The highest BCUT2D eigenvalue weighted by atomic mass is 16.4. The fourth-order valence-electron chi connectivity index (χ4n) is 3.18. The Kier molecular flexibility index (Phi) is 3.04. The van der Waals surface area contributed by atoms with Gasteiger partial charge in [-0.05, 0) is 30.4 Å². The van der Waals surface area contributed by atoms with Crippen LogP contribution in [0.2, 0.25) is 0 Å². The third-order valence-corrected chi connectivity index (χ3v) is 4.76. The highest BCUT2D eigenvalue weighted by Crippen LogP contribution is 2.50. The first-order valence-corrected chi connectivity index (χ1v) is 7.17. The number of carboxylic acid groups (broad SMARTS) is 1. The van der Waals surface area contributed by atoms with Gasteiger partial charge in [-0.1, -0.05) is 31.2 Å². The first kappa shape index (κ1) is 13.2. The molecular formula is C16H19NO3. The van der Waals surface area contributed by atoms with Crippen molar-refractivity contribution in [2.45, 2.75) is 38.6 Å². The van der Waals surface area contributed by atoms with Crippen LogP contribution in [0.3, 0.4) is 0 Å². The molecule has 0 bridgehead atoms. The van der Waals surface area contributed by atoms with Gasteiger partial charge < -0.3 is 10.0 Å². The van der Waals surface area contributed by atoms with Crippen LogP contribution in [-0.4, -0.2) is 28.4 Å². The number of nitrogens with zero attached hydrogens (tertiary/aromatic N) is 1. The molecule has 0 spiro atoms. The van der Waals surface area contributed by atoms with E-state index in [9.17, 15) is 14.7 Å². The molecule has 1 aromatic carbocycles. The van der Waals surface area contributed by atoms with E-state index in [2.05, 4.69) is 0 Å². The third-order valence-electron chi connectivity index (χ3n) is 4.76. The molecule has 0 aromatic heterocycles. The van der Waals surface area contributed by atoms with Gasteiger partial charge in [0.2, 0.25) is 5.91 Å². The second kappa shape index (κ2) is 4.62. The van der Waals surface area contributed by atoms with Gasteiger partial charge >= 0.3 is 5.97 Å². The van der Waals surface area contributed by atoms with Crippen LogP contribution >= 0.6 is 0 Å². The largest absolute Gasteiger partial charge is 0.481 e. The summed E-state index contributed by atoms with van der Waals surface area (Å²) in [5, 5.41) is 9.42. The predicted octanol–water partition coefficient (Wildman–Crippen LogP) is 2.39. The second-order valence-corrected chi connectivity index (χ2v) is 5.91. The van der Waals surface area contributed by atoms with Crippen molar-refractivity contribution in [3.8, 4) is 0 Å². The van der Waals surface area contributed by atoms with E-state index in [1.165, 1.54) is 0 Å². The van der Waals surface area contributed by atoms with Crippen molar-refractivity contribution in [1.82, 2.24) is 4.90 Å². The standard InChI is InChI=1S/C16H19NO3/c1-2-16(7-8-16)15(20)17-9-11-5-3-4-6-12(11)13(10-17)14(18)19/h3-6,13H,2,7-10H2,1H3,(H,18,19). The van der Waals surface area contributed by atoms with Crippen LogP contribution in [0, 0.1) is 5.41 Å². The molecule has 1 aromatic rings. The van der Waals surface area contributed by atoms with Gasteiger partial charge in [0.25, 0.3) is 0 Å². The van der Waals surface area contributed by atoms with Gasteiger partial charge in [0.15, 0.2) is 0 Å². The summed E-state index contributed by atoms with van der Waals surface area (Å²) >= 11 is 0. The number of carbonyl (C=O) groups excluding carboxylic acids is 1. The van der Waals surface area contributed by atoms with Crippen molar-refractivity contribution in [1.29, 1.82) is 0 Å². The molecule has 20 heavy (non-hydrogen) atoms. The van der Waals surface area contributed by atoms with Crippen molar-refractivity contribution >= 4 is 11.9 Å². The van der Waals surface area contributed by atoms with Crippen molar-refractivity contribution in [2.75, 3.05) is 6.54 Å². The van der Waals surface area contributed by atoms with Gasteiger partial charge in [0, 0.05) is 18.5 Å². The van der Waals surface area contributed by atoms with E-state index >= 15 is 0 Å². The Morgan fingerprint density at radius 3 is 2.65 bits per heavy atom. The van der Waals surface area contributed by atoms with Crippen molar-refractivity contribution in [3.63, 3.8) is 0 Å². The van der Waals surface area contributed by atoms with E-state index in [1.807, 2.05) is 31.2 Å². The van der Waals surface area contributed by atoms with Crippen LogP contribution in [0.1, 0.15) is 43.2 Å². The lowest BCUT2D eigenvalue weighted by Gasteiger charge is -2.35. The van der Waals surface area contributed by atoms with E-state index in [4.69, 9.17) is 0 Å². The van der Waals surface area contributed by atoms with Gasteiger partial charge in [-0.2, -0.15) is 0 Å². The monoisotopic (exact) mass is 273 g/mol. The Bertz CT molecular complexity index is 563. The van der Waals surface area contributed by atoms with E-state index < -0.39 is 11.9 Å². The number of benzene rings is 1. The molecular weight excluding hydrogens is 254 g/mol. The Morgan fingerprint density at radius 2 is 2.05 bits per heavy atom. The molecule has 1 heterocycles. The third kappa shape index (κ3) is 1.99. The molecule has 1 aliphatic heterocycles. The summed E-state index contributed by atoms with van der Waals surface area (Å²) in [6.07, 6.45) is 2.73. The predicted molar refractivity (Wildman–Crippen MR) is 74.2 cm³/mol. The lowest BCUT2D eigenvalue weighted by atomic mass is 9.88. The number of fused-ring (bicyclic) bond motifs is 1. The molecule has 1 saturated carbocycles. The van der Waals surface area contributed by atoms with Crippen molar-refractivity contribution < 1.29 is 14.7 Å². The highest BCUT2D eigenvalue weighted by Gasteiger charge is 2.51. The quantitative estimate of drug-likeness (QED) is 0.920. The van der Waals surface area contributed by atoms with Crippen LogP contribution in [0.15, 0.2) is 24.3 Å². The zero-order valence-corrected chi connectivity index (χ0v) is 11.6. The minimum Gasteiger partial charge on any atom is -0.481 e. The zero-order chi connectivity index (χ0) is 14.3. The Morgan fingerprint density at radius 1 is 1.35 bits per heavy atom. The molecule has 1 N–H and O–H groups in total. The van der Waals surface area contributed by atoms with Gasteiger partial charge in [-0.25, -0.2) is 0 Å².